The maximum atomic E-state index is 12.5. The summed E-state index contributed by atoms with van der Waals surface area (Å²) in [5, 5.41) is 9.68. The first-order valence-electron chi connectivity index (χ1n) is 7.45. The van der Waals surface area contributed by atoms with Crippen molar-refractivity contribution in [2.45, 2.75) is 32.4 Å². The van der Waals surface area contributed by atoms with Gasteiger partial charge in [-0.25, -0.2) is 14.3 Å². The lowest BCUT2D eigenvalue weighted by molar-refractivity contribution is 0.241. The summed E-state index contributed by atoms with van der Waals surface area (Å²) in [5.41, 5.74) is -0.161. The first kappa shape index (κ1) is 14.4. The summed E-state index contributed by atoms with van der Waals surface area (Å²) in [5.74, 6) is 1.13. The van der Waals surface area contributed by atoms with Crippen LogP contribution in [0.1, 0.15) is 25.8 Å². The second kappa shape index (κ2) is 6.08. The Labute approximate surface area is 127 Å². The minimum absolute atomic E-state index is 0.161. The van der Waals surface area contributed by atoms with Gasteiger partial charge in [-0.2, -0.15) is 0 Å². The lowest BCUT2D eigenvalue weighted by atomic mass is 10.4. The van der Waals surface area contributed by atoms with Crippen LogP contribution in [-0.4, -0.2) is 33.5 Å². The predicted octanol–water partition coefficient (Wildman–Crippen LogP) is 0.959. The average Bonchev–Trinajstić information content (AvgIpc) is 3.07. The van der Waals surface area contributed by atoms with E-state index in [0.717, 1.165) is 12.8 Å². The molecular weight excluding hydrogens is 286 g/mol. The van der Waals surface area contributed by atoms with E-state index in [-0.39, 0.29) is 17.8 Å². The summed E-state index contributed by atoms with van der Waals surface area (Å²) in [4.78, 5) is 23.8. The molecule has 1 saturated carbocycles. The molecule has 2 aromatic rings. The number of hydrogen-bond donors (Lipinski definition) is 2. The van der Waals surface area contributed by atoms with Gasteiger partial charge in [0.25, 0.3) is 0 Å². The molecule has 3 rings (SSSR count). The second-order valence-corrected chi connectivity index (χ2v) is 5.19. The summed E-state index contributed by atoms with van der Waals surface area (Å²) in [6.45, 7) is 3.07. The van der Waals surface area contributed by atoms with E-state index >= 15 is 0 Å². The Bertz CT molecular complexity index is 697. The summed E-state index contributed by atoms with van der Waals surface area (Å²) < 4.78 is 8.43. The van der Waals surface area contributed by atoms with Gasteiger partial charge in [0.2, 0.25) is 5.82 Å². The molecule has 22 heavy (non-hydrogen) atoms. The van der Waals surface area contributed by atoms with E-state index in [2.05, 4.69) is 15.7 Å². The zero-order valence-electron chi connectivity index (χ0n) is 12.4. The molecule has 2 amide bonds. The van der Waals surface area contributed by atoms with Gasteiger partial charge in [-0.05, 0) is 31.9 Å². The van der Waals surface area contributed by atoms with Crippen LogP contribution in [0, 0.1) is 0 Å². The van der Waals surface area contributed by atoms with Crippen LogP contribution in [0.3, 0.4) is 0 Å². The van der Waals surface area contributed by atoms with Gasteiger partial charge in [0.15, 0.2) is 5.76 Å². The molecule has 2 heterocycles. The molecule has 0 radical (unpaired) electrons. The Hall–Kier alpha value is -2.51. The van der Waals surface area contributed by atoms with Gasteiger partial charge in [-0.3, -0.25) is 4.57 Å². The fraction of sp³-hybridized carbons (Fsp3) is 0.500. The molecule has 0 bridgehead atoms. The van der Waals surface area contributed by atoms with Crippen LogP contribution in [0.25, 0.3) is 11.6 Å². The van der Waals surface area contributed by atoms with E-state index < -0.39 is 0 Å². The van der Waals surface area contributed by atoms with Crippen molar-refractivity contribution >= 4 is 6.03 Å². The molecule has 1 fully saturated rings. The highest BCUT2D eigenvalue weighted by Crippen LogP contribution is 2.36. The van der Waals surface area contributed by atoms with Crippen LogP contribution in [0.5, 0.6) is 0 Å². The van der Waals surface area contributed by atoms with Gasteiger partial charge in [-0.1, -0.05) is 0 Å². The van der Waals surface area contributed by atoms with Crippen LogP contribution in [0.4, 0.5) is 4.79 Å². The highest BCUT2D eigenvalue weighted by Gasteiger charge is 2.31. The molecule has 0 aliphatic heterocycles. The zero-order valence-corrected chi connectivity index (χ0v) is 12.4. The van der Waals surface area contributed by atoms with Crippen molar-refractivity contribution in [3.05, 3.63) is 28.9 Å². The van der Waals surface area contributed by atoms with E-state index in [1.165, 1.54) is 4.68 Å². The van der Waals surface area contributed by atoms with Crippen LogP contribution in [0.2, 0.25) is 0 Å². The minimum Gasteiger partial charge on any atom is -0.461 e. The van der Waals surface area contributed by atoms with Crippen LogP contribution < -0.4 is 16.3 Å². The zero-order chi connectivity index (χ0) is 15.5. The van der Waals surface area contributed by atoms with Crippen molar-refractivity contribution in [1.82, 2.24) is 25.0 Å². The van der Waals surface area contributed by atoms with E-state index in [1.807, 2.05) is 6.92 Å². The third-order valence-electron chi connectivity index (χ3n) is 3.47. The smallest absolute Gasteiger partial charge is 0.346 e. The van der Waals surface area contributed by atoms with Crippen molar-refractivity contribution in [3.8, 4) is 11.6 Å². The molecule has 8 heteroatoms. The normalized spacial score (nSPS) is 14.0. The molecule has 0 aromatic carbocycles. The molecule has 0 unspecified atom stereocenters. The quantitative estimate of drug-likeness (QED) is 0.831. The standard InChI is InChI=1S/C14H19N5O3/c1-2-15-13(20)16-7-8-18-14(21)19(10-5-6-10)12(17-18)11-4-3-9-22-11/h3-4,9-10H,2,5-8H2,1H3,(H2,15,16,20). The molecule has 118 valence electrons. The second-order valence-electron chi connectivity index (χ2n) is 5.19. The molecule has 0 saturated heterocycles. The number of nitrogens with zero attached hydrogens (tertiary/aromatic N) is 3. The number of furan rings is 1. The Balaban J connectivity index is 1.76. The third kappa shape index (κ3) is 2.90. The van der Waals surface area contributed by atoms with Crippen molar-refractivity contribution < 1.29 is 9.21 Å². The minimum atomic E-state index is -0.247. The fourth-order valence-electron chi connectivity index (χ4n) is 2.30. The highest BCUT2D eigenvalue weighted by atomic mass is 16.3. The third-order valence-corrected chi connectivity index (χ3v) is 3.47. The van der Waals surface area contributed by atoms with Crippen LogP contribution in [-0.2, 0) is 6.54 Å². The SMILES string of the molecule is CCNC(=O)NCCn1nc(-c2ccco2)n(C2CC2)c1=O. The van der Waals surface area contributed by atoms with E-state index in [1.54, 1.807) is 23.0 Å². The number of amides is 2. The van der Waals surface area contributed by atoms with Gasteiger partial charge in [0, 0.05) is 19.1 Å². The largest absolute Gasteiger partial charge is 0.461 e. The van der Waals surface area contributed by atoms with Gasteiger partial charge < -0.3 is 15.1 Å². The molecule has 1 aliphatic carbocycles. The van der Waals surface area contributed by atoms with Crippen LogP contribution >= 0.6 is 0 Å². The molecule has 0 spiro atoms. The summed E-state index contributed by atoms with van der Waals surface area (Å²) in [6.07, 6.45) is 3.53. The van der Waals surface area contributed by atoms with Crippen molar-refractivity contribution in [2.75, 3.05) is 13.1 Å². The highest BCUT2D eigenvalue weighted by molar-refractivity contribution is 5.73. The first-order valence-corrected chi connectivity index (χ1v) is 7.45. The molecule has 2 N–H and O–H groups in total. The lowest BCUT2D eigenvalue weighted by Crippen LogP contribution is -2.38. The van der Waals surface area contributed by atoms with E-state index in [9.17, 15) is 9.59 Å². The predicted molar refractivity (Wildman–Crippen MR) is 79.5 cm³/mol. The summed E-state index contributed by atoms with van der Waals surface area (Å²) >= 11 is 0. The molecular formula is C14H19N5O3. The van der Waals surface area contributed by atoms with Gasteiger partial charge in [0.1, 0.15) is 0 Å². The maximum absolute atomic E-state index is 12.5. The van der Waals surface area contributed by atoms with Gasteiger partial charge >= 0.3 is 11.7 Å². The number of hydrogen-bond acceptors (Lipinski definition) is 4. The topological polar surface area (TPSA) is 94.1 Å². The fourth-order valence-corrected chi connectivity index (χ4v) is 2.30. The van der Waals surface area contributed by atoms with Crippen LogP contribution in [0.15, 0.2) is 27.6 Å². The number of carbonyl (C=O) groups is 1. The van der Waals surface area contributed by atoms with Crippen molar-refractivity contribution in [3.63, 3.8) is 0 Å². The van der Waals surface area contributed by atoms with Gasteiger partial charge in [-0.15, -0.1) is 5.10 Å². The van der Waals surface area contributed by atoms with Crippen molar-refractivity contribution in [1.29, 1.82) is 0 Å². The lowest BCUT2D eigenvalue weighted by Gasteiger charge is -2.04. The summed E-state index contributed by atoms with van der Waals surface area (Å²) in [6, 6.07) is 3.52. The number of carbonyl (C=O) groups excluding carboxylic acids is 1. The molecule has 1 aliphatic rings. The molecule has 8 nitrogen and oxygen atoms in total. The first-order chi connectivity index (χ1) is 10.7. The Morgan fingerprint density at radius 3 is 2.91 bits per heavy atom. The number of urea groups is 1. The summed E-state index contributed by atoms with van der Waals surface area (Å²) in [7, 11) is 0. The maximum Gasteiger partial charge on any atom is 0.346 e. The number of aromatic nitrogens is 3. The van der Waals surface area contributed by atoms with Crippen molar-refractivity contribution in [2.24, 2.45) is 0 Å². The van der Waals surface area contributed by atoms with Gasteiger partial charge in [0.05, 0.1) is 12.8 Å². The Kier molecular flexibility index (Phi) is 3.99. The Morgan fingerprint density at radius 1 is 1.45 bits per heavy atom. The number of nitrogens with one attached hydrogen (secondary N) is 2. The monoisotopic (exact) mass is 305 g/mol. The Morgan fingerprint density at radius 2 is 2.27 bits per heavy atom. The van der Waals surface area contributed by atoms with E-state index in [0.29, 0.717) is 31.2 Å². The average molecular weight is 305 g/mol. The molecule has 2 aromatic heterocycles. The van der Waals surface area contributed by atoms with E-state index in [4.69, 9.17) is 4.42 Å². The number of rotatable bonds is 6. The molecule has 0 atom stereocenters.